The molecule has 2 nitrogen and oxygen atoms in total. The minimum atomic E-state index is 0.644. The highest BCUT2D eigenvalue weighted by Crippen LogP contribution is 2.44. The van der Waals surface area contributed by atoms with Gasteiger partial charge in [-0.1, -0.05) is 19.3 Å². The Bertz CT molecular complexity index is 201. The van der Waals surface area contributed by atoms with E-state index in [1.807, 2.05) is 4.90 Å². The van der Waals surface area contributed by atoms with E-state index in [9.17, 15) is 0 Å². The van der Waals surface area contributed by atoms with Crippen LogP contribution in [0.1, 0.15) is 44.9 Å². The van der Waals surface area contributed by atoms with Gasteiger partial charge in [-0.25, -0.2) is 0 Å². The van der Waals surface area contributed by atoms with Crippen LogP contribution in [0.3, 0.4) is 0 Å². The second-order valence-corrected chi connectivity index (χ2v) is 4.65. The molecule has 0 N–H and O–H groups in total. The van der Waals surface area contributed by atoms with Gasteiger partial charge in [-0.15, -0.1) is 0 Å². The Morgan fingerprint density at radius 3 is 2.08 bits per heavy atom. The Kier molecular flexibility index (Phi) is 2.44. The van der Waals surface area contributed by atoms with Crippen molar-refractivity contribution in [2.75, 3.05) is 13.1 Å². The summed E-state index contributed by atoms with van der Waals surface area (Å²) >= 11 is 0. The fourth-order valence-corrected chi connectivity index (χ4v) is 2.88. The van der Waals surface area contributed by atoms with Crippen LogP contribution in [-0.4, -0.2) is 18.0 Å². The quantitative estimate of drug-likeness (QED) is 0.533. The highest BCUT2D eigenvalue weighted by atomic mass is 15.1. The second kappa shape index (κ2) is 3.57. The minimum Gasteiger partial charge on any atom is -0.311 e. The van der Waals surface area contributed by atoms with Crippen LogP contribution in [0.5, 0.6) is 0 Å². The monoisotopic (exact) mass is 178 g/mol. The molecule has 1 heterocycles. The molecule has 2 heteroatoms. The van der Waals surface area contributed by atoms with Crippen LogP contribution in [0.2, 0.25) is 0 Å². The number of hydrogen-bond donors (Lipinski definition) is 0. The Hall–Kier alpha value is -0.710. The van der Waals surface area contributed by atoms with E-state index in [0.29, 0.717) is 5.41 Å². The van der Waals surface area contributed by atoms with Gasteiger partial charge in [0.05, 0.1) is 0 Å². The maximum atomic E-state index is 8.75. The first-order chi connectivity index (χ1) is 6.35. The average Bonchev–Trinajstić information content (AvgIpc) is 2.20. The Morgan fingerprint density at radius 1 is 0.923 bits per heavy atom. The zero-order chi connectivity index (χ0) is 9.15. The van der Waals surface area contributed by atoms with Crippen molar-refractivity contribution in [2.45, 2.75) is 44.9 Å². The molecular formula is C11H18N2. The lowest BCUT2D eigenvalue weighted by molar-refractivity contribution is 0.0929. The molecule has 0 aromatic rings. The third-order valence-corrected chi connectivity index (χ3v) is 3.88. The molecule has 13 heavy (non-hydrogen) atoms. The number of nitriles is 1. The van der Waals surface area contributed by atoms with Crippen molar-refractivity contribution in [1.82, 2.24) is 4.90 Å². The van der Waals surface area contributed by atoms with E-state index in [2.05, 4.69) is 6.19 Å². The van der Waals surface area contributed by atoms with Gasteiger partial charge in [-0.3, -0.25) is 0 Å². The van der Waals surface area contributed by atoms with Gasteiger partial charge in [-0.05, 0) is 31.1 Å². The Balaban J connectivity index is 1.92. The third kappa shape index (κ3) is 1.80. The molecule has 0 bridgehead atoms. The van der Waals surface area contributed by atoms with Gasteiger partial charge in [0.25, 0.3) is 0 Å². The molecule has 1 spiro atoms. The molecule has 0 amide bonds. The van der Waals surface area contributed by atoms with E-state index in [-0.39, 0.29) is 0 Å². The lowest BCUT2D eigenvalue weighted by Crippen LogP contribution is -2.38. The van der Waals surface area contributed by atoms with Crippen molar-refractivity contribution in [3.05, 3.63) is 0 Å². The van der Waals surface area contributed by atoms with Gasteiger partial charge in [0.15, 0.2) is 6.19 Å². The van der Waals surface area contributed by atoms with Crippen LogP contribution in [0, 0.1) is 16.9 Å². The van der Waals surface area contributed by atoms with Crippen LogP contribution >= 0.6 is 0 Å². The molecule has 2 aliphatic rings. The normalized spacial score (nSPS) is 27.2. The number of rotatable bonds is 0. The first-order valence-corrected chi connectivity index (χ1v) is 5.49. The van der Waals surface area contributed by atoms with Gasteiger partial charge >= 0.3 is 0 Å². The molecule has 0 atom stereocenters. The van der Waals surface area contributed by atoms with Crippen molar-refractivity contribution >= 4 is 0 Å². The summed E-state index contributed by atoms with van der Waals surface area (Å²) in [5.74, 6) is 0. The average molecular weight is 178 g/mol. The Labute approximate surface area is 80.5 Å². The molecule has 1 saturated heterocycles. The van der Waals surface area contributed by atoms with E-state index in [1.54, 1.807) is 0 Å². The predicted octanol–water partition coefficient (Wildman–Crippen LogP) is 2.51. The summed E-state index contributed by atoms with van der Waals surface area (Å²) < 4.78 is 0. The zero-order valence-electron chi connectivity index (χ0n) is 8.26. The van der Waals surface area contributed by atoms with Crippen molar-refractivity contribution in [1.29, 1.82) is 5.26 Å². The molecule has 2 fully saturated rings. The summed E-state index contributed by atoms with van der Waals surface area (Å²) in [7, 11) is 0. The van der Waals surface area contributed by atoms with Crippen molar-refractivity contribution in [2.24, 2.45) is 5.41 Å². The largest absolute Gasteiger partial charge is 0.311 e. The van der Waals surface area contributed by atoms with E-state index in [0.717, 1.165) is 13.1 Å². The van der Waals surface area contributed by atoms with E-state index in [1.165, 1.54) is 44.9 Å². The first-order valence-electron chi connectivity index (χ1n) is 5.49. The van der Waals surface area contributed by atoms with E-state index >= 15 is 0 Å². The maximum Gasteiger partial charge on any atom is 0.179 e. The summed E-state index contributed by atoms with van der Waals surface area (Å²) in [6.07, 6.45) is 11.9. The first kappa shape index (κ1) is 8.87. The van der Waals surface area contributed by atoms with Crippen LogP contribution < -0.4 is 0 Å². The summed E-state index contributed by atoms with van der Waals surface area (Å²) in [5.41, 5.74) is 0.644. The molecule has 0 aromatic heterocycles. The summed E-state index contributed by atoms with van der Waals surface area (Å²) in [4.78, 5) is 1.92. The maximum absolute atomic E-state index is 8.75. The lowest BCUT2D eigenvalue weighted by atomic mass is 9.68. The highest BCUT2D eigenvalue weighted by Gasteiger charge is 2.35. The molecule has 2 rings (SSSR count). The van der Waals surface area contributed by atoms with Gasteiger partial charge in [0, 0.05) is 13.1 Å². The summed E-state index contributed by atoms with van der Waals surface area (Å²) in [6, 6.07) is 0. The van der Waals surface area contributed by atoms with Crippen LogP contribution in [0.25, 0.3) is 0 Å². The minimum absolute atomic E-state index is 0.644. The van der Waals surface area contributed by atoms with Crippen LogP contribution in [0.4, 0.5) is 0 Å². The molecule has 0 unspecified atom stereocenters. The zero-order valence-corrected chi connectivity index (χ0v) is 8.26. The standard InChI is InChI=1S/C11H18N2/c12-10-13-8-6-11(7-9-13)4-2-1-3-5-11/h1-9H2. The molecule has 1 saturated carbocycles. The molecule has 1 aliphatic carbocycles. The van der Waals surface area contributed by atoms with Crippen molar-refractivity contribution < 1.29 is 0 Å². The van der Waals surface area contributed by atoms with Gasteiger partial charge in [0.1, 0.15) is 0 Å². The van der Waals surface area contributed by atoms with Gasteiger partial charge in [0.2, 0.25) is 0 Å². The summed E-state index contributed by atoms with van der Waals surface area (Å²) in [6.45, 7) is 2.02. The van der Waals surface area contributed by atoms with Crippen LogP contribution in [0.15, 0.2) is 0 Å². The summed E-state index contributed by atoms with van der Waals surface area (Å²) in [5, 5.41) is 8.75. The SMILES string of the molecule is N#CN1CCC2(CCCCC2)CC1. The molecule has 0 aromatic carbocycles. The van der Waals surface area contributed by atoms with Crippen molar-refractivity contribution in [3.63, 3.8) is 0 Å². The van der Waals surface area contributed by atoms with E-state index in [4.69, 9.17) is 5.26 Å². The Morgan fingerprint density at radius 2 is 1.54 bits per heavy atom. The molecule has 1 aliphatic heterocycles. The van der Waals surface area contributed by atoms with Crippen LogP contribution in [-0.2, 0) is 0 Å². The molecule has 0 radical (unpaired) electrons. The van der Waals surface area contributed by atoms with Gasteiger partial charge in [-0.2, -0.15) is 5.26 Å². The van der Waals surface area contributed by atoms with Gasteiger partial charge < -0.3 is 4.90 Å². The number of nitrogens with zero attached hydrogens (tertiary/aromatic N) is 2. The fourth-order valence-electron chi connectivity index (χ4n) is 2.88. The molecule has 72 valence electrons. The smallest absolute Gasteiger partial charge is 0.179 e. The number of piperidine rings is 1. The lowest BCUT2D eigenvalue weighted by Gasteiger charge is -2.42. The van der Waals surface area contributed by atoms with E-state index < -0.39 is 0 Å². The predicted molar refractivity (Wildman–Crippen MR) is 51.9 cm³/mol. The fraction of sp³-hybridized carbons (Fsp3) is 0.909. The third-order valence-electron chi connectivity index (χ3n) is 3.88. The number of likely N-dealkylation sites (tertiary alicyclic amines) is 1. The molecular weight excluding hydrogens is 160 g/mol. The number of hydrogen-bond acceptors (Lipinski definition) is 2. The second-order valence-electron chi connectivity index (χ2n) is 4.65. The highest BCUT2D eigenvalue weighted by molar-refractivity contribution is 4.91. The topological polar surface area (TPSA) is 27.0 Å². The van der Waals surface area contributed by atoms with Crippen molar-refractivity contribution in [3.8, 4) is 6.19 Å².